The van der Waals surface area contributed by atoms with Crippen LogP contribution in [0, 0.1) is 17.8 Å². The van der Waals surface area contributed by atoms with Crippen molar-refractivity contribution in [3.8, 4) is 0 Å². The highest BCUT2D eigenvalue weighted by Gasteiger charge is 2.46. The van der Waals surface area contributed by atoms with Crippen LogP contribution in [0.4, 0.5) is 13.2 Å². The van der Waals surface area contributed by atoms with Gasteiger partial charge in [-0.15, -0.1) is 11.3 Å². The van der Waals surface area contributed by atoms with E-state index in [1.807, 2.05) is 12.5 Å². The molecule has 2 saturated heterocycles. The number of halogens is 3. The number of piperidine rings is 2. The van der Waals surface area contributed by atoms with Crippen LogP contribution in [0.2, 0.25) is 0 Å². The molecule has 1 amide bonds. The Morgan fingerprint density at radius 1 is 1.11 bits per heavy atom. The summed E-state index contributed by atoms with van der Waals surface area (Å²) in [6, 6.07) is 4.14. The van der Waals surface area contributed by atoms with Crippen LogP contribution in [0.15, 0.2) is 42.3 Å². The number of benzene rings is 1. The first-order valence-corrected chi connectivity index (χ1v) is 14.3. The third-order valence-corrected chi connectivity index (χ3v) is 9.52. The predicted octanol–water partition coefficient (Wildman–Crippen LogP) is 5.87. The molecular weight excluding hydrogens is 497 g/mol. The largest absolute Gasteiger partial charge is 0.416 e. The molecule has 1 aliphatic carbocycles. The maximum absolute atomic E-state index is 13.2. The van der Waals surface area contributed by atoms with Gasteiger partial charge in [-0.2, -0.15) is 13.2 Å². The van der Waals surface area contributed by atoms with E-state index >= 15 is 0 Å². The van der Waals surface area contributed by atoms with E-state index in [9.17, 15) is 18.0 Å². The molecule has 1 saturated carbocycles. The fourth-order valence-corrected chi connectivity index (χ4v) is 7.47. The number of alkyl halides is 3. The first-order valence-electron chi connectivity index (χ1n) is 13.4. The lowest BCUT2D eigenvalue weighted by Crippen LogP contribution is -2.42. The summed E-state index contributed by atoms with van der Waals surface area (Å²) in [5.41, 5.74) is 0.623. The van der Waals surface area contributed by atoms with Crippen molar-refractivity contribution >= 4 is 27.3 Å². The smallest absolute Gasteiger partial charge is 0.342 e. The number of nitrogens with zero attached hydrogens (tertiary/aromatic N) is 4. The number of imidazole rings is 1. The number of rotatable bonds is 6. The minimum absolute atomic E-state index is 0.174. The van der Waals surface area contributed by atoms with Crippen molar-refractivity contribution in [3.63, 3.8) is 0 Å². The minimum atomic E-state index is -4.30. The van der Waals surface area contributed by atoms with Crippen LogP contribution < -0.4 is 0 Å². The van der Waals surface area contributed by atoms with Gasteiger partial charge in [-0.05, 0) is 91.4 Å². The average Bonchev–Trinajstić information content (AvgIpc) is 3.25. The second kappa shape index (κ2) is 10.1. The average molecular weight is 531 g/mol. The van der Waals surface area contributed by atoms with E-state index in [-0.39, 0.29) is 5.92 Å². The summed E-state index contributed by atoms with van der Waals surface area (Å²) in [7, 11) is 0. The standard InChI is InChI=1S/C28H33F3N4OS/c29-28(30,31)22-3-4-23-25(17-37-26(23)13-22)20-5-9-33(10-6-20)16-21-12-24(21)27(36)35-8-1-2-19(15-35)14-34-11-7-32-18-34/h3-4,7,11,13,17-21,24H,1-2,5-6,8-10,12,14-16H2/t19-,21-,24+/m0/s1. The number of carbonyl (C=O) groups is 1. The van der Waals surface area contributed by atoms with Crippen LogP contribution in [0.3, 0.4) is 0 Å². The van der Waals surface area contributed by atoms with Crippen LogP contribution in [0.25, 0.3) is 10.1 Å². The van der Waals surface area contributed by atoms with Gasteiger partial charge in [-0.25, -0.2) is 4.98 Å². The van der Waals surface area contributed by atoms with Gasteiger partial charge < -0.3 is 14.4 Å². The number of likely N-dealkylation sites (tertiary alicyclic amines) is 2. The third kappa shape index (κ3) is 5.43. The van der Waals surface area contributed by atoms with Gasteiger partial charge in [0, 0.05) is 49.2 Å². The van der Waals surface area contributed by atoms with Crippen LogP contribution in [0.1, 0.15) is 49.1 Å². The summed E-state index contributed by atoms with van der Waals surface area (Å²) in [4.78, 5) is 21.9. The van der Waals surface area contributed by atoms with E-state index in [1.54, 1.807) is 12.3 Å². The monoisotopic (exact) mass is 530 g/mol. The highest BCUT2D eigenvalue weighted by Crippen LogP contribution is 2.43. The van der Waals surface area contributed by atoms with E-state index < -0.39 is 11.7 Å². The SMILES string of the molecule is O=C([C@@H]1C[C@H]1CN1CCC(c2csc3cc(C(F)(F)F)ccc23)CC1)N1CCC[C@@H](Cn2ccnc2)C1. The summed E-state index contributed by atoms with van der Waals surface area (Å²) in [5.74, 6) is 1.86. The quantitative estimate of drug-likeness (QED) is 0.400. The molecule has 3 atom stereocenters. The topological polar surface area (TPSA) is 41.4 Å². The van der Waals surface area contributed by atoms with Crippen molar-refractivity contribution in [1.29, 1.82) is 0 Å². The molecule has 37 heavy (non-hydrogen) atoms. The Bertz CT molecular complexity index is 1230. The molecule has 1 aromatic carbocycles. The van der Waals surface area contributed by atoms with Crippen molar-refractivity contribution in [1.82, 2.24) is 19.4 Å². The lowest BCUT2D eigenvalue weighted by Gasteiger charge is -2.34. The zero-order valence-electron chi connectivity index (χ0n) is 20.9. The Hall–Kier alpha value is -2.39. The van der Waals surface area contributed by atoms with E-state index in [0.717, 1.165) is 81.5 Å². The summed E-state index contributed by atoms with van der Waals surface area (Å²) in [6.07, 6.45) is 6.61. The van der Waals surface area contributed by atoms with Gasteiger partial charge in [0.25, 0.3) is 0 Å². The van der Waals surface area contributed by atoms with Gasteiger partial charge in [0.15, 0.2) is 0 Å². The molecule has 0 N–H and O–H groups in total. The number of thiophene rings is 1. The fourth-order valence-electron chi connectivity index (χ4n) is 6.39. The van der Waals surface area contributed by atoms with Gasteiger partial charge in [0.05, 0.1) is 11.9 Å². The third-order valence-electron chi connectivity index (χ3n) is 8.55. The summed E-state index contributed by atoms with van der Waals surface area (Å²) >= 11 is 1.42. The molecule has 2 aliphatic heterocycles. The number of carbonyl (C=O) groups excluding carboxylic acids is 1. The summed E-state index contributed by atoms with van der Waals surface area (Å²) < 4.78 is 42.0. The van der Waals surface area contributed by atoms with Gasteiger partial charge >= 0.3 is 6.18 Å². The van der Waals surface area contributed by atoms with E-state index in [2.05, 4.69) is 24.7 Å². The molecule has 3 aromatic rings. The molecule has 2 aromatic heterocycles. The number of hydrogen-bond donors (Lipinski definition) is 0. The highest BCUT2D eigenvalue weighted by atomic mass is 32.1. The zero-order chi connectivity index (χ0) is 25.6. The van der Waals surface area contributed by atoms with Gasteiger partial charge in [-0.1, -0.05) is 6.07 Å². The molecule has 3 fully saturated rings. The summed E-state index contributed by atoms with van der Waals surface area (Å²) in [5, 5.41) is 3.02. The first kappa shape index (κ1) is 24.9. The molecule has 198 valence electrons. The molecule has 4 heterocycles. The molecular formula is C28H33F3N4OS. The van der Waals surface area contributed by atoms with Crippen molar-refractivity contribution in [2.75, 3.05) is 32.7 Å². The Morgan fingerprint density at radius 2 is 1.95 bits per heavy atom. The first-order chi connectivity index (χ1) is 17.8. The van der Waals surface area contributed by atoms with Crippen LogP contribution in [-0.2, 0) is 17.5 Å². The Kier molecular flexibility index (Phi) is 6.77. The second-order valence-corrected chi connectivity index (χ2v) is 12.0. The molecule has 3 aliphatic rings. The lowest BCUT2D eigenvalue weighted by atomic mass is 9.89. The molecule has 0 spiro atoms. The number of hydrogen-bond acceptors (Lipinski definition) is 4. The fraction of sp³-hybridized carbons (Fsp3) is 0.571. The predicted molar refractivity (Wildman–Crippen MR) is 138 cm³/mol. The van der Waals surface area contributed by atoms with E-state index in [0.29, 0.717) is 23.7 Å². The van der Waals surface area contributed by atoms with Crippen molar-refractivity contribution in [2.45, 2.75) is 50.7 Å². The van der Waals surface area contributed by atoms with Gasteiger partial charge in [0.1, 0.15) is 0 Å². The van der Waals surface area contributed by atoms with E-state index in [4.69, 9.17) is 0 Å². The van der Waals surface area contributed by atoms with Crippen LogP contribution in [0.5, 0.6) is 0 Å². The Balaban J connectivity index is 0.987. The molecule has 0 radical (unpaired) electrons. The van der Waals surface area contributed by atoms with Crippen molar-refractivity contribution in [3.05, 3.63) is 53.4 Å². The number of fused-ring (bicyclic) bond motifs is 1. The highest BCUT2D eigenvalue weighted by molar-refractivity contribution is 7.17. The van der Waals surface area contributed by atoms with Crippen molar-refractivity contribution in [2.24, 2.45) is 17.8 Å². The van der Waals surface area contributed by atoms with Gasteiger partial charge in [0.2, 0.25) is 5.91 Å². The lowest BCUT2D eigenvalue weighted by molar-refractivity contribution is -0.137. The molecule has 0 unspecified atom stereocenters. The van der Waals surface area contributed by atoms with Gasteiger partial charge in [-0.3, -0.25) is 4.79 Å². The Labute approximate surface area is 219 Å². The maximum atomic E-state index is 13.2. The van der Waals surface area contributed by atoms with Crippen LogP contribution >= 0.6 is 11.3 Å². The second-order valence-electron chi connectivity index (χ2n) is 11.1. The summed E-state index contributed by atoms with van der Waals surface area (Å²) in [6.45, 7) is 5.61. The molecule has 9 heteroatoms. The number of amides is 1. The minimum Gasteiger partial charge on any atom is -0.342 e. The van der Waals surface area contributed by atoms with E-state index in [1.165, 1.54) is 29.0 Å². The van der Waals surface area contributed by atoms with Crippen LogP contribution in [-0.4, -0.2) is 58.0 Å². The number of aromatic nitrogens is 2. The molecule has 6 rings (SSSR count). The molecule has 0 bridgehead atoms. The van der Waals surface area contributed by atoms with Crippen molar-refractivity contribution < 1.29 is 18.0 Å². The molecule has 5 nitrogen and oxygen atoms in total. The maximum Gasteiger partial charge on any atom is 0.416 e. The zero-order valence-corrected chi connectivity index (χ0v) is 21.7. The normalized spacial score (nSPS) is 25.6. The Morgan fingerprint density at radius 3 is 2.70 bits per heavy atom.